The third-order valence-electron chi connectivity index (χ3n) is 8.38. The maximum atomic E-state index is 12.6. The molecule has 0 bridgehead atoms. The van der Waals surface area contributed by atoms with Gasteiger partial charge in [0.05, 0.1) is 6.61 Å². The third-order valence-corrected chi connectivity index (χ3v) is 8.38. The van der Waals surface area contributed by atoms with Crippen LogP contribution in [-0.4, -0.2) is 37.9 Å². The maximum Gasteiger partial charge on any atom is 0.306 e. The van der Waals surface area contributed by atoms with Crippen molar-refractivity contribution in [2.45, 2.75) is 194 Å². The molecule has 0 rings (SSSR count). The molecule has 0 aromatic heterocycles. The number of ether oxygens (including phenoxy) is 3. The van der Waals surface area contributed by atoms with E-state index in [1.54, 1.807) is 0 Å². The van der Waals surface area contributed by atoms with Gasteiger partial charge in [0.25, 0.3) is 0 Å². The molecule has 0 aliphatic carbocycles. The molecule has 5 nitrogen and oxygen atoms in total. The van der Waals surface area contributed by atoms with Crippen molar-refractivity contribution in [1.29, 1.82) is 0 Å². The number of hydrogen-bond acceptors (Lipinski definition) is 5. The minimum Gasteiger partial charge on any atom is -0.462 e. The van der Waals surface area contributed by atoms with E-state index < -0.39 is 6.10 Å². The second-order valence-corrected chi connectivity index (χ2v) is 13.2. The van der Waals surface area contributed by atoms with Crippen LogP contribution in [0.3, 0.4) is 0 Å². The Bertz CT molecular complexity index is 812. The standard InChI is InChI=1S/C43H76O5/c1-4-7-10-13-16-19-20-21-22-23-26-29-32-35-38-46-39-41(48-43(45)37-34-31-28-25-18-15-12-9-6-3)40-47-42(44)36-33-30-27-24-17-14-11-8-5-2/h7,10,16,19,21-22,26,29,41H,4-6,8-9,11-15,17-18,20,23-25,27-28,30-40H2,1-3H3/b10-7-,19-16-,22-21-,29-26-. The molecular weight excluding hydrogens is 596 g/mol. The number of rotatable bonds is 36. The van der Waals surface area contributed by atoms with Gasteiger partial charge >= 0.3 is 11.9 Å². The summed E-state index contributed by atoms with van der Waals surface area (Å²) in [7, 11) is 0. The van der Waals surface area contributed by atoms with E-state index in [0.29, 0.717) is 19.4 Å². The summed E-state index contributed by atoms with van der Waals surface area (Å²) in [6.07, 6.45) is 45.4. The van der Waals surface area contributed by atoms with Gasteiger partial charge in [-0.3, -0.25) is 9.59 Å². The molecule has 0 radical (unpaired) electrons. The Kier molecular flexibility index (Phi) is 37.5. The quantitative estimate of drug-likeness (QED) is 0.0376. The van der Waals surface area contributed by atoms with E-state index in [2.05, 4.69) is 69.4 Å². The number of carbonyl (C=O) groups is 2. The van der Waals surface area contributed by atoms with Crippen LogP contribution in [0.1, 0.15) is 188 Å². The van der Waals surface area contributed by atoms with Gasteiger partial charge in [0.15, 0.2) is 6.10 Å². The van der Waals surface area contributed by atoms with Crippen molar-refractivity contribution in [3.63, 3.8) is 0 Å². The normalized spacial score (nSPS) is 12.6. The van der Waals surface area contributed by atoms with Crippen molar-refractivity contribution < 1.29 is 23.8 Å². The summed E-state index contributed by atoms with van der Waals surface area (Å²) >= 11 is 0. The maximum absolute atomic E-state index is 12.6. The monoisotopic (exact) mass is 673 g/mol. The van der Waals surface area contributed by atoms with Gasteiger partial charge in [-0.25, -0.2) is 0 Å². The number of esters is 2. The second kappa shape index (κ2) is 39.3. The molecular formula is C43H76O5. The lowest BCUT2D eigenvalue weighted by Crippen LogP contribution is -2.30. The van der Waals surface area contributed by atoms with E-state index in [-0.39, 0.29) is 25.2 Å². The molecule has 0 saturated heterocycles. The smallest absolute Gasteiger partial charge is 0.306 e. The lowest BCUT2D eigenvalue weighted by Gasteiger charge is -2.18. The van der Waals surface area contributed by atoms with Crippen LogP contribution in [0.4, 0.5) is 0 Å². The molecule has 0 aliphatic rings. The minimum atomic E-state index is -0.555. The fourth-order valence-corrected chi connectivity index (χ4v) is 5.39. The van der Waals surface area contributed by atoms with Gasteiger partial charge in [-0.05, 0) is 51.4 Å². The highest BCUT2D eigenvalue weighted by molar-refractivity contribution is 5.70. The summed E-state index contributed by atoms with van der Waals surface area (Å²) in [5.41, 5.74) is 0. The Morgan fingerprint density at radius 2 is 0.917 bits per heavy atom. The largest absolute Gasteiger partial charge is 0.462 e. The molecule has 48 heavy (non-hydrogen) atoms. The van der Waals surface area contributed by atoms with Crippen molar-refractivity contribution >= 4 is 11.9 Å². The zero-order valence-corrected chi connectivity index (χ0v) is 31.7. The first-order valence-electron chi connectivity index (χ1n) is 20.2. The molecule has 0 spiro atoms. The zero-order chi connectivity index (χ0) is 35.0. The number of hydrogen-bond donors (Lipinski definition) is 0. The summed E-state index contributed by atoms with van der Waals surface area (Å²) in [4.78, 5) is 25.0. The molecule has 278 valence electrons. The van der Waals surface area contributed by atoms with Gasteiger partial charge in [0.2, 0.25) is 0 Å². The van der Waals surface area contributed by atoms with Crippen molar-refractivity contribution in [2.75, 3.05) is 19.8 Å². The fourth-order valence-electron chi connectivity index (χ4n) is 5.39. The van der Waals surface area contributed by atoms with Crippen LogP contribution in [0.2, 0.25) is 0 Å². The number of allylic oxidation sites excluding steroid dienone is 8. The molecule has 1 unspecified atom stereocenters. The van der Waals surface area contributed by atoms with E-state index in [1.165, 1.54) is 89.9 Å². The molecule has 1 atom stereocenters. The Morgan fingerprint density at radius 3 is 1.42 bits per heavy atom. The number of unbranched alkanes of at least 4 members (excludes halogenated alkanes) is 17. The lowest BCUT2D eigenvalue weighted by atomic mass is 10.1. The molecule has 0 aliphatic heterocycles. The summed E-state index contributed by atoms with van der Waals surface area (Å²) in [5, 5.41) is 0. The first-order chi connectivity index (χ1) is 23.6. The topological polar surface area (TPSA) is 61.8 Å². The van der Waals surface area contributed by atoms with E-state index in [4.69, 9.17) is 14.2 Å². The Balaban J connectivity index is 4.32. The average molecular weight is 673 g/mol. The zero-order valence-electron chi connectivity index (χ0n) is 31.7. The summed E-state index contributed by atoms with van der Waals surface area (Å²) in [6, 6.07) is 0. The second-order valence-electron chi connectivity index (χ2n) is 13.2. The first-order valence-corrected chi connectivity index (χ1v) is 20.2. The minimum absolute atomic E-state index is 0.0661. The predicted molar refractivity (Wildman–Crippen MR) is 205 cm³/mol. The number of carbonyl (C=O) groups excluding carboxylic acids is 2. The molecule has 5 heteroatoms. The molecule has 0 aromatic carbocycles. The predicted octanol–water partition coefficient (Wildman–Crippen LogP) is 12.9. The molecule has 0 N–H and O–H groups in total. The summed E-state index contributed by atoms with van der Waals surface area (Å²) in [6.45, 7) is 7.54. The Hall–Kier alpha value is -2.14. The van der Waals surface area contributed by atoms with E-state index in [9.17, 15) is 9.59 Å². The molecule has 0 aromatic rings. The lowest BCUT2D eigenvalue weighted by molar-refractivity contribution is -0.163. The van der Waals surface area contributed by atoms with Gasteiger partial charge in [0, 0.05) is 19.4 Å². The molecule has 0 saturated carbocycles. The highest BCUT2D eigenvalue weighted by Crippen LogP contribution is 2.13. The third kappa shape index (κ3) is 36.7. The van der Waals surface area contributed by atoms with E-state index in [1.807, 2.05) is 0 Å². The van der Waals surface area contributed by atoms with Gasteiger partial charge in [0.1, 0.15) is 6.61 Å². The fraction of sp³-hybridized carbons (Fsp3) is 0.767. The van der Waals surface area contributed by atoms with Crippen molar-refractivity contribution in [2.24, 2.45) is 0 Å². The average Bonchev–Trinajstić information content (AvgIpc) is 3.08. The highest BCUT2D eigenvalue weighted by Gasteiger charge is 2.17. The SMILES string of the molecule is CC/C=C\C/C=C\C/C=C\C/C=C\CCCOCC(COC(=O)CCCCCCCCCCC)OC(=O)CCCCCCCCCCC. The van der Waals surface area contributed by atoms with Crippen molar-refractivity contribution in [3.8, 4) is 0 Å². The van der Waals surface area contributed by atoms with Gasteiger partial charge in [-0.1, -0.05) is 172 Å². The van der Waals surface area contributed by atoms with Crippen LogP contribution >= 0.6 is 0 Å². The van der Waals surface area contributed by atoms with Crippen LogP contribution < -0.4 is 0 Å². The van der Waals surface area contributed by atoms with Crippen molar-refractivity contribution in [3.05, 3.63) is 48.6 Å². The highest BCUT2D eigenvalue weighted by atomic mass is 16.6. The first kappa shape index (κ1) is 45.9. The van der Waals surface area contributed by atoms with E-state index in [0.717, 1.165) is 64.2 Å². The Morgan fingerprint density at radius 1 is 0.479 bits per heavy atom. The van der Waals surface area contributed by atoms with Gasteiger partial charge in [-0.2, -0.15) is 0 Å². The van der Waals surface area contributed by atoms with Gasteiger partial charge in [-0.15, -0.1) is 0 Å². The van der Waals surface area contributed by atoms with Crippen LogP contribution in [0.15, 0.2) is 48.6 Å². The van der Waals surface area contributed by atoms with Crippen molar-refractivity contribution in [1.82, 2.24) is 0 Å². The summed E-state index contributed by atoms with van der Waals surface area (Å²) < 4.78 is 17.1. The van der Waals surface area contributed by atoms with Crippen LogP contribution in [-0.2, 0) is 23.8 Å². The van der Waals surface area contributed by atoms with Crippen LogP contribution in [0, 0.1) is 0 Å². The molecule has 0 fully saturated rings. The summed E-state index contributed by atoms with van der Waals surface area (Å²) in [5.74, 6) is -0.432. The molecule has 0 heterocycles. The van der Waals surface area contributed by atoms with Crippen LogP contribution in [0.5, 0.6) is 0 Å². The van der Waals surface area contributed by atoms with Gasteiger partial charge < -0.3 is 14.2 Å². The molecule has 0 amide bonds. The van der Waals surface area contributed by atoms with E-state index >= 15 is 0 Å². The Labute approximate surface area is 297 Å². The van der Waals surface area contributed by atoms with Crippen LogP contribution in [0.25, 0.3) is 0 Å².